The number of aromatic nitrogens is 4. The van der Waals surface area contributed by atoms with Gasteiger partial charge in [0.2, 0.25) is 0 Å². The monoisotopic (exact) mass is 748 g/mol. The number of hydrogen-bond acceptors (Lipinski definition) is 2. The molecule has 53 heavy (non-hydrogen) atoms. The predicted molar refractivity (Wildman–Crippen MR) is 227 cm³/mol. The van der Waals surface area contributed by atoms with E-state index < -0.39 is 0 Å². The lowest BCUT2D eigenvalue weighted by Gasteiger charge is -2.08. The molecule has 0 radical (unpaired) electrons. The molecule has 5 heteroatoms. The fourth-order valence-corrected chi connectivity index (χ4v) is 7.72. The number of nitrogens with one attached hydrogen (secondary N) is 2. The zero-order valence-corrected chi connectivity index (χ0v) is 31.4. The van der Waals surface area contributed by atoms with Gasteiger partial charge < -0.3 is 9.97 Å². The third kappa shape index (κ3) is 6.17. The molecule has 2 aliphatic rings. The van der Waals surface area contributed by atoms with Gasteiger partial charge in [-0.15, -0.1) is 0 Å². The van der Waals surface area contributed by atoms with E-state index in [0.29, 0.717) is 0 Å². The fourth-order valence-electron chi connectivity index (χ4n) is 7.34. The Bertz CT molecular complexity index is 2700. The van der Waals surface area contributed by atoms with E-state index in [2.05, 4.69) is 192 Å². The fraction of sp³-hybridized carbons (Fsp3) is 0.0833. The van der Waals surface area contributed by atoms with Crippen molar-refractivity contribution < 1.29 is 0 Å². The van der Waals surface area contributed by atoms with Gasteiger partial charge in [-0.25, -0.2) is 9.97 Å². The molecule has 0 spiro atoms. The van der Waals surface area contributed by atoms with Gasteiger partial charge in [0.25, 0.3) is 0 Å². The zero-order chi connectivity index (χ0) is 36.1. The van der Waals surface area contributed by atoms with E-state index in [-0.39, 0.29) is 0 Å². The lowest BCUT2D eigenvalue weighted by Crippen LogP contribution is -1.90. The van der Waals surface area contributed by atoms with Crippen LogP contribution in [0.15, 0.2) is 121 Å². The quantitative estimate of drug-likeness (QED) is 0.172. The van der Waals surface area contributed by atoms with Crippen molar-refractivity contribution in [2.45, 2.75) is 26.1 Å². The molecule has 256 valence electrons. The first-order valence-corrected chi connectivity index (χ1v) is 19.1. The van der Waals surface area contributed by atoms with Crippen LogP contribution >= 0.6 is 15.9 Å². The molecular weight excluding hydrogens is 712 g/mol. The van der Waals surface area contributed by atoms with E-state index in [1.807, 2.05) is 0 Å². The summed E-state index contributed by atoms with van der Waals surface area (Å²) < 4.78 is 0. The molecule has 0 aliphatic carbocycles. The van der Waals surface area contributed by atoms with Crippen LogP contribution in [0.2, 0.25) is 0 Å². The molecule has 0 saturated heterocycles. The van der Waals surface area contributed by atoms with Crippen LogP contribution in [0.1, 0.15) is 45.0 Å². The van der Waals surface area contributed by atoms with E-state index >= 15 is 0 Å². The number of nitrogens with zero attached hydrogens (tertiary/aromatic N) is 2. The normalized spacial score (nSPS) is 12.1. The summed E-state index contributed by atoms with van der Waals surface area (Å²) in [7, 11) is 0. The summed E-state index contributed by atoms with van der Waals surface area (Å²) >= 11 is 3.63. The van der Waals surface area contributed by atoms with Gasteiger partial charge in [-0.1, -0.05) is 130 Å². The Morgan fingerprint density at radius 3 is 0.906 bits per heavy atom. The van der Waals surface area contributed by atoms with Gasteiger partial charge in [-0.3, -0.25) is 0 Å². The maximum absolute atomic E-state index is 5.42. The Hall–Kier alpha value is -6.04. The average Bonchev–Trinajstić information content (AvgIpc) is 4.02. The number of aromatic amines is 2. The van der Waals surface area contributed by atoms with Gasteiger partial charge in [0.05, 0.1) is 22.8 Å². The SMILES string of the molecule is Cc1ccc(-c2c3nc(c(-c4ccc(C)cc4)c4ccc([nH]4)c(-c4ccc(CBr)cc4)c4nc(c(-c5ccc(C)cc5)c5ccc2[nH]5)C=C4)C=C3)cc1. The van der Waals surface area contributed by atoms with Crippen molar-refractivity contribution in [3.05, 3.63) is 166 Å². The first-order chi connectivity index (χ1) is 25.9. The molecule has 0 fully saturated rings. The van der Waals surface area contributed by atoms with E-state index in [9.17, 15) is 0 Å². The topological polar surface area (TPSA) is 57.4 Å². The van der Waals surface area contributed by atoms with Crippen LogP contribution in [0, 0.1) is 20.8 Å². The Balaban J connectivity index is 1.46. The molecule has 0 saturated carbocycles. The van der Waals surface area contributed by atoms with E-state index in [1.165, 1.54) is 22.3 Å². The van der Waals surface area contributed by atoms with Crippen molar-refractivity contribution in [1.82, 2.24) is 19.9 Å². The van der Waals surface area contributed by atoms with Crippen LogP contribution in [-0.2, 0) is 5.33 Å². The smallest absolute Gasteiger partial charge is 0.0737 e. The van der Waals surface area contributed by atoms with Gasteiger partial charge in [0.1, 0.15) is 0 Å². The lowest BCUT2D eigenvalue weighted by molar-refractivity contribution is 1.31. The highest BCUT2D eigenvalue weighted by Crippen LogP contribution is 2.38. The summed E-state index contributed by atoms with van der Waals surface area (Å²) in [6.45, 7) is 6.37. The molecule has 5 heterocycles. The summed E-state index contributed by atoms with van der Waals surface area (Å²) in [6.07, 6.45) is 8.61. The number of H-pyrrole nitrogens is 2. The van der Waals surface area contributed by atoms with Gasteiger partial charge >= 0.3 is 0 Å². The maximum Gasteiger partial charge on any atom is 0.0737 e. The number of rotatable bonds is 5. The van der Waals surface area contributed by atoms with E-state index in [1.54, 1.807) is 0 Å². The highest BCUT2D eigenvalue weighted by molar-refractivity contribution is 9.08. The first kappa shape index (κ1) is 32.8. The van der Waals surface area contributed by atoms with Crippen molar-refractivity contribution in [1.29, 1.82) is 0 Å². The lowest BCUT2D eigenvalue weighted by atomic mass is 10.0. The minimum absolute atomic E-state index is 0.799. The minimum atomic E-state index is 0.799. The minimum Gasteiger partial charge on any atom is -0.354 e. The Morgan fingerprint density at radius 1 is 0.377 bits per heavy atom. The number of aryl methyl sites for hydroxylation is 3. The van der Waals surface area contributed by atoms with Crippen LogP contribution in [0.25, 0.3) is 90.9 Å². The number of alkyl halides is 1. The summed E-state index contributed by atoms with van der Waals surface area (Å²) in [5.74, 6) is 0. The third-order valence-electron chi connectivity index (χ3n) is 10.2. The molecule has 4 nitrogen and oxygen atoms in total. The molecule has 0 amide bonds. The van der Waals surface area contributed by atoms with Gasteiger partial charge in [-0.05, 0) is 97.2 Å². The van der Waals surface area contributed by atoms with Crippen LogP contribution in [-0.4, -0.2) is 19.9 Å². The van der Waals surface area contributed by atoms with Crippen molar-refractivity contribution in [3.63, 3.8) is 0 Å². The summed E-state index contributed by atoms with van der Waals surface area (Å²) in [5.41, 5.74) is 21.0. The largest absolute Gasteiger partial charge is 0.354 e. The van der Waals surface area contributed by atoms with Crippen molar-refractivity contribution in [3.8, 4) is 44.5 Å². The van der Waals surface area contributed by atoms with Crippen LogP contribution < -0.4 is 0 Å². The number of hydrogen-bond donors (Lipinski definition) is 2. The molecule has 8 bridgehead atoms. The van der Waals surface area contributed by atoms with E-state index in [0.717, 1.165) is 94.7 Å². The van der Waals surface area contributed by atoms with Crippen LogP contribution in [0.3, 0.4) is 0 Å². The van der Waals surface area contributed by atoms with Crippen molar-refractivity contribution in [2.75, 3.05) is 0 Å². The molecule has 9 rings (SSSR count). The standard InChI is InChI=1S/C48H37BrN4/c1-29-4-12-33(13-5-29)45-37-20-22-39(50-37)46(34-14-6-30(2)7-15-34)41-24-26-43(52-41)48(36-18-10-32(28-49)11-19-36)44-27-25-42(53-44)47(40-23-21-38(45)51-40)35-16-8-31(3)9-17-35/h4-27,50,53H,28H2,1-3H3. The molecule has 2 aliphatic heterocycles. The average molecular weight is 750 g/mol. The summed E-state index contributed by atoms with van der Waals surface area (Å²) in [5, 5.41) is 0.799. The number of fused-ring (bicyclic) bond motifs is 8. The van der Waals surface area contributed by atoms with Crippen LogP contribution in [0.5, 0.6) is 0 Å². The molecule has 0 unspecified atom stereocenters. The van der Waals surface area contributed by atoms with Crippen LogP contribution in [0.4, 0.5) is 0 Å². The molecule has 3 aromatic heterocycles. The Morgan fingerprint density at radius 2 is 0.642 bits per heavy atom. The molecule has 2 N–H and O–H groups in total. The second-order valence-corrected chi connectivity index (χ2v) is 14.5. The molecule has 7 aromatic rings. The summed E-state index contributed by atoms with van der Waals surface area (Å²) in [6, 6.07) is 43.6. The van der Waals surface area contributed by atoms with Crippen molar-refractivity contribution in [2.24, 2.45) is 0 Å². The number of halogens is 1. The molecule has 0 atom stereocenters. The molecule has 4 aromatic carbocycles. The zero-order valence-electron chi connectivity index (χ0n) is 29.8. The third-order valence-corrected chi connectivity index (χ3v) is 10.8. The predicted octanol–water partition coefficient (Wildman–Crippen LogP) is 13.1. The Labute approximate surface area is 317 Å². The molecular formula is C48H37BrN4. The number of benzene rings is 4. The van der Waals surface area contributed by atoms with E-state index in [4.69, 9.17) is 9.97 Å². The summed E-state index contributed by atoms with van der Waals surface area (Å²) in [4.78, 5) is 18.5. The van der Waals surface area contributed by atoms with Crippen molar-refractivity contribution >= 4 is 62.3 Å². The highest BCUT2D eigenvalue weighted by atomic mass is 79.9. The second kappa shape index (κ2) is 13.5. The maximum atomic E-state index is 5.42. The van der Waals surface area contributed by atoms with Gasteiger partial charge in [0.15, 0.2) is 0 Å². The highest BCUT2D eigenvalue weighted by Gasteiger charge is 2.19. The first-order valence-electron chi connectivity index (χ1n) is 17.9. The Kier molecular flexibility index (Phi) is 8.36. The second-order valence-electron chi connectivity index (χ2n) is 13.9. The van der Waals surface area contributed by atoms with Gasteiger partial charge in [0, 0.05) is 49.7 Å². The van der Waals surface area contributed by atoms with Gasteiger partial charge in [-0.2, -0.15) is 0 Å².